The van der Waals surface area contributed by atoms with Crippen LogP contribution in [0.2, 0.25) is 0 Å². The summed E-state index contributed by atoms with van der Waals surface area (Å²) in [5.41, 5.74) is 0.770. The van der Waals surface area contributed by atoms with Gasteiger partial charge in [-0.1, -0.05) is 19.9 Å². The van der Waals surface area contributed by atoms with Crippen molar-refractivity contribution in [3.63, 3.8) is 0 Å². The standard InChI is InChI=1S/C19H24N2O4/c1-12(2)19(4,24)11-20-17(22)14-8-7-13(3)15(10-14)21-18(23)16-6-5-9-25-16/h5-10,12,24H,11H2,1-4H3,(H,20,22)(H,21,23). The highest BCUT2D eigenvalue weighted by atomic mass is 16.3. The zero-order chi connectivity index (χ0) is 18.6. The molecule has 3 N–H and O–H groups in total. The first-order valence-corrected chi connectivity index (χ1v) is 8.17. The molecule has 0 aliphatic heterocycles. The minimum absolute atomic E-state index is 0.00830. The average Bonchev–Trinajstić information content (AvgIpc) is 3.09. The van der Waals surface area contributed by atoms with Crippen molar-refractivity contribution in [3.05, 3.63) is 53.5 Å². The van der Waals surface area contributed by atoms with Gasteiger partial charge in [0.2, 0.25) is 0 Å². The minimum atomic E-state index is -0.989. The van der Waals surface area contributed by atoms with Gasteiger partial charge in [0.15, 0.2) is 5.76 Å². The van der Waals surface area contributed by atoms with Gasteiger partial charge >= 0.3 is 0 Å². The summed E-state index contributed by atoms with van der Waals surface area (Å²) < 4.78 is 5.06. The molecule has 134 valence electrons. The monoisotopic (exact) mass is 344 g/mol. The normalized spacial score (nSPS) is 13.4. The second-order valence-electron chi connectivity index (χ2n) is 6.66. The zero-order valence-electron chi connectivity index (χ0n) is 14.9. The second-order valence-corrected chi connectivity index (χ2v) is 6.66. The maximum Gasteiger partial charge on any atom is 0.291 e. The summed E-state index contributed by atoms with van der Waals surface area (Å²) in [6, 6.07) is 8.24. The minimum Gasteiger partial charge on any atom is -0.459 e. The molecule has 1 aromatic heterocycles. The van der Waals surface area contributed by atoms with Crippen LogP contribution in [0.25, 0.3) is 0 Å². The van der Waals surface area contributed by atoms with Crippen molar-refractivity contribution in [2.75, 3.05) is 11.9 Å². The zero-order valence-corrected chi connectivity index (χ0v) is 14.9. The fraction of sp³-hybridized carbons (Fsp3) is 0.368. The van der Waals surface area contributed by atoms with Crippen LogP contribution in [0.5, 0.6) is 0 Å². The van der Waals surface area contributed by atoms with Gasteiger partial charge in [-0.3, -0.25) is 9.59 Å². The van der Waals surface area contributed by atoms with Crippen LogP contribution >= 0.6 is 0 Å². The molecule has 0 saturated heterocycles. The molecule has 1 atom stereocenters. The Balaban J connectivity index is 2.10. The average molecular weight is 344 g/mol. The summed E-state index contributed by atoms with van der Waals surface area (Å²) >= 11 is 0. The van der Waals surface area contributed by atoms with Crippen LogP contribution in [0, 0.1) is 12.8 Å². The number of aliphatic hydroxyl groups is 1. The molecule has 0 aliphatic carbocycles. The van der Waals surface area contributed by atoms with E-state index in [9.17, 15) is 14.7 Å². The molecule has 25 heavy (non-hydrogen) atoms. The first kappa shape index (κ1) is 18.7. The fourth-order valence-corrected chi connectivity index (χ4v) is 2.05. The second kappa shape index (κ2) is 7.53. The van der Waals surface area contributed by atoms with Gasteiger partial charge in [-0.2, -0.15) is 0 Å². The third kappa shape index (κ3) is 4.70. The number of rotatable bonds is 6. The van der Waals surface area contributed by atoms with E-state index in [4.69, 9.17) is 4.42 Å². The lowest BCUT2D eigenvalue weighted by atomic mass is 9.92. The van der Waals surface area contributed by atoms with Gasteiger partial charge in [0, 0.05) is 17.8 Å². The summed E-state index contributed by atoms with van der Waals surface area (Å²) in [6.07, 6.45) is 1.42. The number of hydrogen-bond acceptors (Lipinski definition) is 4. The lowest BCUT2D eigenvalue weighted by Gasteiger charge is -2.27. The van der Waals surface area contributed by atoms with Crippen molar-refractivity contribution in [3.8, 4) is 0 Å². The van der Waals surface area contributed by atoms with Crippen molar-refractivity contribution in [1.29, 1.82) is 0 Å². The van der Waals surface area contributed by atoms with Gasteiger partial charge in [-0.25, -0.2) is 0 Å². The number of aryl methyl sites for hydroxylation is 1. The molecule has 2 rings (SSSR count). The topological polar surface area (TPSA) is 91.6 Å². The Kier molecular flexibility index (Phi) is 5.64. The summed E-state index contributed by atoms with van der Waals surface area (Å²) in [4.78, 5) is 24.4. The molecule has 1 aromatic carbocycles. The van der Waals surface area contributed by atoms with E-state index in [-0.39, 0.29) is 30.0 Å². The molecule has 6 heteroatoms. The summed E-state index contributed by atoms with van der Waals surface area (Å²) in [6.45, 7) is 7.44. The highest BCUT2D eigenvalue weighted by Crippen LogP contribution is 2.19. The highest BCUT2D eigenvalue weighted by Gasteiger charge is 2.25. The summed E-state index contributed by atoms with van der Waals surface area (Å²) in [5, 5.41) is 15.7. The number of amides is 2. The molecule has 0 spiro atoms. The molecular weight excluding hydrogens is 320 g/mol. The van der Waals surface area contributed by atoms with E-state index in [1.165, 1.54) is 6.26 Å². The third-order valence-corrected chi connectivity index (χ3v) is 4.34. The Hall–Kier alpha value is -2.60. The Morgan fingerprint density at radius 2 is 1.96 bits per heavy atom. The largest absolute Gasteiger partial charge is 0.459 e. The SMILES string of the molecule is Cc1ccc(C(=O)NCC(C)(O)C(C)C)cc1NC(=O)c1ccco1. The summed E-state index contributed by atoms with van der Waals surface area (Å²) in [5.74, 6) is -0.487. The first-order valence-electron chi connectivity index (χ1n) is 8.17. The van der Waals surface area contributed by atoms with Gasteiger partial charge in [0.05, 0.1) is 11.9 Å². The molecule has 0 saturated carbocycles. The third-order valence-electron chi connectivity index (χ3n) is 4.34. The number of benzene rings is 1. The molecule has 1 unspecified atom stereocenters. The van der Waals surface area contributed by atoms with Crippen molar-refractivity contribution in [2.45, 2.75) is 33.3 Å². The predicted molar refractivity (Wildman–Crippen MR) is 95.6 cm³/mol. The van der Waals surface area contributed by atoms with Crippen LogP contribution in [0.3, 0.4) is 0 Å². The van der Waals surface area contributed by atoms with Crippen molar-refractivity contribution in [2.24, 2.45) is 5.92 Å². The highest BCUT2D eigenvalue weighted by molar-refractivity contribution is 6.03. The molecule has 6 nitrogen and oxygen atoms in total. The Bertz CT molecular complexity index is 749. The fourth-order valence-electron chi connectivity index (χ4n) is 2.05. The number of hydrogen-bond donors (Lipinski definition) is 3. The van der Waals surface area contributed by atoms with Gasteiger partial charge in [0.1, 0.15) is 0 Å². The van der Waals surface area contributed by atoms with E-state index in [1.54, 1.807) is 37.3 Å². The van der Waals surface area contributed by atoms with E-state index in [0.29, 0.717) is 11.3 Å². The van der Waals surface area contributed by atoms with E-state index in [1.807, 2.05) is 20.8 Å². The summed E-state index contributed by atoms with van der Waals surface area (Å²) in [7, 11) is 0. The Labute approximate surface area is 147 Å². The smallest absolute Gasteiger partial charge is 0.291 e. The van der Waals surface area contributed by atoms with Crippen molar-refractivity contribution >= 4 is 17.5 Å². The molecule has 1 heterocycles. The van der Waals surface area contributed by atoms with Crippen molar-refractivity contribution in [1.82, 2.24) is 5.32 Å². The van der Waals surface area contributed by atoms with Gasteiger partial charge in [-0.15, -0.1) is 0 Å². The van der Waals surface area contributed by atoms with Crippen LogP contribution in [-0.2, 0) is 0 Å². The molecule has 0 aliphatic rings. The number of carbonyl (C=O) groups is 2. The quantitative estimate of drug-likeness (QED) is 0.751. The molecule has 2 aromatic rings. The molecule has 0 bridgehead atoms. The molecule has 0 radical (unpaired) electrons. The van der Waals surface area contributed by atoms with Crippen LogP contribution in [-0.4, -0.2) is 29.1 Å². The van der Waals surface area contributed by atoms with Crippen LogP contribution in [0.1, 0.15) is 47.2 Å². The number of nitrogens with one attached hydrogen (secondary N) is 2. The van der Waals surface area contributed by atoms with E-state index >= 15 is 0 Å². The van der Waals surface area contributed by atoms with Crippen LogP contribution in [0.4, 0.5) is 5.69 Å². The van der Waals surface area contributed by atoms with Crippen LogP contribution < -0.4 is 10.6 Å². The lowest BCUT2D eigenvalue weighted by Crippen LogP contribution is -2.44. The van der Waals surface area contributed by atoms with Gasteiger partial charge in [-0.05, 0) is 49.6 Å². The van der Waals surface area contributed by atoms with Gasteiger partial charge < -0.3 is 20.2 Å². The number of anilines is 1. The number of furan rings is 1. The maximum absolute atomic E-state index is 12.3. The Morgan fingerprint density at radius 1 is 1.24 bits per heavy atom. The Morgan fingerprint density at radius 3 is 2.56 bits per heavy atom. The molecule has 2 amide bonds. The first-order chi connectivity index (χ1) is 11.7. The number of carbonyl (C=O) groups excluding carboxylic acids is 2. The van der Waals surface area contributed by atoms with E-state index in [2.05, 4.69) is 10.6 Å². The van der Waals surface area contributed by atoms with E-state index < -0.39 is 5.60 Å². The van der Waals surface area contributed by atoms with Crippen molar-refractivity contribution < 1.29 is 19.1 Å². The lowest BCUT2D eigenvalue weighted by molar-refractivity contribution is 0.0142. The van der Waals surface area contributed by atoms with E-state index in [0.717, 1.165) is 5.56 Å². The molecule has 0 fully saturated rings. The van der Waals surface area contributed by atoms with Gasteiger partial charge in [0.25, 0.3) is 11.8 Å². The predicted octanol–water partition coefficient (Wildman–Crippen LogP) is 2.98. The van der Waals surface area contributed by atoms with Crippen LogP contribution in [0.15, 0.2) is 41.0 Å². The molecular formula is C19H24N2O4. The maximum atomic E-state index is 12.3.